The number of hydrazone groups is 1. The van der Waals surface area contributed by atoms with Crippen LogP contribution in [0.4, 0.5) is 4.39 Å². The van der Waals surface area contributed by atoms with E-state index < -0.39 is 17.6 Å². The number of allylic oxidation sites excluding steroid dienone is 1. The van der Waals surface area contributed by atoms with Crippen LogP contribution < -0.4 is 10.7 Å². The van der Waals surface area contributed by atoms with E-state index in [-0.39, 0.29) is 12.1 Å². The van der Waals surface area contributed by atoms with Crippen LogP contribution in [0.5, 0.6) is 0 Å². The second kappa shape index (κ2) is 8.99. The van der Waals surface area contributed by atoms with Crippen molar-refractivity contribution in [2.45, 2.75) is 0 Å². The lowest BCUT2D eigenvalue weighted by Gasteiger charge is -2.03. The molecular formula is C18H16FN3O2. The molecule has 2 N–H and O–H groups in total. The molecule has 0 fully saturated rings. The summed E-state index contributed by atoms with van der Waals surface area (Å²) in [5.74, 6) is -1.35. The van der Waals surface area contributed by atoms with Crippen LogP contribution in [0.15, 0.2) is 65.8 Å². The Morgan fingerprint density at radius 3 is 2.46 bits per heavy atom. The maximum absolute atomic E-state index is 12.8. The third-order valence-corrected chi connectivity index (χ3v) is 2.95. The minimum atomic E-state index is -0.463. The molecule has 0 saturated heterocycles. The number of nitrogens with zero attached hydrogens (tertiary/aromatic N) is 1. The van der Waals surface area contributed by atoms with Gasteiger partial charge in [-0.25, -0.2) is 9.82 Å². The van der Waals surface area contributed by atoms with Gasteiger partial charge in [0, 0.05) is 11.8 Å². The average Bonchev–Trinajstić information content (AvgIpc) is 2.61. The van der Waals surface area contributed by atoms with Gasteiger partial charge < -0.3 is 5.32 Å². The number of benzene rings is 2. The van der Waals surface area contributed by atoms with Gasteiger partial charge in [-0.2, -0.15) is 5.10 Å². The Hall–Kier alpha value is -3.28. The molecule has 122 valence electrons. The highest BCUT2D eigenvalue weighted by molar-refractivity contribution is 5.96. The number of rotatable bonds is 6. The maximum atomic E-state index is 12.8. The molecule has 0 aliphatic carbocycles. The normalized spacial score (nSPS) is 10.9. The Morgan fingerprint density at radius 1 is 1.04 bits per heavy atom. The van der Waals surface area contributed by atoms with Crippen molar-refractivity contribution in [2.75, 3.05) is 6.54 Å². The molecule has 0 spiro atoms. The maximum Gasteiger partial charge on any atom is 0.259 e. The lowest BCUT2D eigenvalue weighted by atomic mass is 10.2. The molecule has 0 saturated carbocycles. The summed E-state index contributed by atoms with van der Waals surface area (Å²) in [4.78, 5) is 23.3. The summed E-state index contributed by atoms with van der Waals surface area (Å²) in [6, 6.07) is 14.7. The number of carbonyl (C=O) groups is 2. The molecule has 24 heavy (non-hydrogen) atoms. The third kappa shape index (κ3) is 5.84. The Labute approximate surface area is 138 Å². The highest BCUT2D eigenvalue weighted by atomic mass is 19.1. The molecule has 2 aromatic carbocycles. The van der Waals surface area contributed by atoms with Crippen LogP contribution in [-0.2, 0) is 4.79 Å². The van der Waals surface area contributed by atoms with E-state index in [9.17, 15) is 14.0 Å². The summed E-state index contributed by atoms with van der Waals surface area (Å²) in [6.07, 6.45) is 4.96. The number of amides is 2. The van der Waals surface area contributed by atoms with Gasteiger partial charge in [-0.3, -0.25) is 9.59 Å². The van der Waals surface area contributed by atoms with Crippen LogP contribution >= 0.6 is 0 Å². The van der Waals surface area contributed by atoms with E-state index in [4.69, 9.17) is 0 Å². The van der Waals surface area contributed by atoms with Crippen molar-refractivity contribution < 1.29 is 14.0 Å². The molecule has 0 radical (unpaired) electrons. The number of nitrogens with one attached hydrogen (secondary N) is 2. The monoisotopic (exact) mass is 325 g/mol. The van der Waals surface area contributed by atoms with Crippen molar-refractivity contribution in [3.8, 4) is 0 Å². The molecule has 5 nitrogen and oxygen atoms in total. The number of hydrogen-bond acceptors (Lipinski definition) is 3. The van der Waals surface area contributed by atoms with Gasteiger partial charge in [0.2, 0.25) is 0 Å². The first-order valence-corrected chi connectivity index (χ1v) is 7.22. The third-order valence-electron chi connectivity index (χ3n) is 2.95. The fourth-order valence-electron chi connectivity index (χ4n) is 1.77. The summed E-state index contributed by atoms with van der Waals surface area (Å²) in [7, 11) is 0. The molecule has 0 aromatic heterocycles. The van der Waals surface area contributed by atoms with E-state index in [1.54, 1.807) is 6.08 Å². The Kier molecular flexibility index (Phi) is 6.40. The topological polar surface area (TPSA) is 70.6 Å². The molecule has 0 aliphatic heterocycles. The summed E-state index contributed by atoms with van der Waals surface area (Å²) < 4.78 is 12.8. The van der Waals surface area contributed by atoms with Crippen LogP contribution in [-0.4, -0.2) is 24.6 Å². The van der Waals surface area contributed by atoms with E-state index >= 15 is 0 Å². The molecule has 0 aliphatic rings. The lowest BCUT2D eigenvalue weighted by molar-refractivity contribution is -0.120. The summed E-state index contributed by atoms with van der Waals surface area (Å²) in [5, 5.41) is 6.16. The zero-order valence-corrected chi connectivity index (χ0v) is 12.8. The van der Waals surface area contributed by atoms with Crippen molar-refractivity contribution in [1.29, 1.82) is 0 Å². The summed E-state index contributed by atoms with van der Waals surface area (Å²) >= 11 is 0. The lowest BCUT2D eigenvalue weighted by Crippen LogP contribution is -2.34. The zero-order valence-electron chi connectivity index (χ0n) is 12.8. The second-order valence-electron chi connectivity index (χ2n) is 4.77. The molecule has 0 atom stereocenters. The molecule has 6 heteroatoms. The van der Waals surface area contributed by atoms with E-state index in [2.05, 4.69) is 15.8 Å². The van der Waals surface area contributed by atoms with Crippen molar-refractivity contribution in [1.82, 2.24) is 10.7 Å². The van der Waals surface area contributed by atoms with E-state index in [1.165, 1.54) is 30.5 Å². The molecule has 2 rings (SSSR count). The minimum Gasteiger partial charge on any atom is -0.343 e. The molecule has 2 aromatic rings. The second-order valence-corrected chi connectivity index (χ2v) is 4.77. The van der Waals surface area contributed by atoms with Crippen LogP contribution in [0.1, 0.15) is 15.9 Å². The van der Waals surface area contributed by atoms with E-state index in [0.29, 0.717) is 0 Å². The van der Waals surface area contributed by atoms with Crippen molar-refractivity contribution in [3.63, 3.8) is 0 Å². The average molecular weight is 325 g/mol. The smallest absolute Gasteiger partial charge is 0.259 e. The van der Waals surface area contributed by atoms with Gasteiger partial charge in [-0.05, 0) is 35.9 Å². The predicted octanol–water partition coefficient (Wildman–Crippen LogP) is 2.37. The Balaban J connectivity index is 1.71. The molecule has 0 heterocycles. The number of hydrogen-bond donors (Lipinski definition) is 2. The van der Waals surface area contributed by atoms with E-state index in [1.807, 2.05) is 36.4 Å². The van der Waals surface area contributed by atoms with Gasteiger partial charge in [-0.15, -0.1) is 0 Å². The first-order valence-electron chi connectivity index (χ1n) is 7.22. The standard InChI is InChI=1S/C18H16FN3O2/c19-16-10-8-15(9-11-16)18(24)20-13-17(23)22-21-12-4-7-14-5-2-1-3-6-14/h1-12H,13H2,(H,20,24)(H,22,23)/b7-4+,21-12-. The predicted molar refractivity (Wildman–Crippen MR) is 90.8 cm³/mol. The summed E-state index contributed by atoms with van der Waals surface area (Å²) in [5.41, 5.74) is 3.58. The molecule has 0 bridgehead atoms. The van der Waals surface area contributed by atoms with Crippen LogP contribution in [0, 0.1) is 5.82 Å². The zero-order chi connectivity index (χ0) is 17.2. The van der Waals surface area contributed by atoms with E-state index in [0.717, 1.165) is 5.56 Å². The highest BCUT2D eigenvalue weighted by Gasteiger charge is 2.07. The fourth-order valence-corrected chi connectivity index (χ4v) is 1.77. The minimum absolute atomic E-state index is 0.226. The van der Waals surface area contributed by atoms with Gasteiger partial charge in [0.1, 0.15) is 5.82 Å². The first-order chi connectivity index (χ1) is 11.6. The van der Waals surface area contributed by atoms with Gasteiger partial charge in [0.25, 0.3) is 11.8 Å². The summed E-state index contributed by atoms with van der Waals surface area (Å²) in [6.45, 7) is -0.226. The van der Waals surface area contributed by atoms with Gasteiger partial charge in [0.05, 0.1) is 6.54 Å². The van der Waals surface area contributed by atoms with Crippen LogP contribution in [0.25, 0.3) is 6.08 Å². The van der Waals surface area contributed by atoms with Gasteiger partial charge in [-0.1, -0.05) is 36.4 Å². The SMILES string of the molecule is O=C(CNC(=O)c1ccc(F)cc1)N/N=C\C=C\c1ccccc1. The largest absolute Gasteiger partial charge is 0.343 e. The van der Waals surface area contributed by atoms with Crippen LogP contribution in [0.3, 0.4) is 0 Å². The van der Waals surface area contributed by atoms with Crippen molar-refractivity contribution >= 4 is 24.1 Å². The van der Waals surface area contributed by atoms with Gasteiger partial charge >= 0.3 is 0 Å². The highest BCUT2D eigenvalue weighted by Crippen LogP contribution is 2.02. The van der Waals surface area contributed by atoms with Crippen molar-refractivity contribution in [2.24, 2.45) is 5.10 Å². The quantitative estimate of drug-likeness (QED) is 0.632. The number of halogens is 1. The fraction of sp³-hybridized carbons (Fsp3) is 0.0556. The Morgan fingerprint density at radius 2 is 1.75 bits per heavy atom. The first kappa shape index (κ1) is 17.1. The van der Waals surface area contributed by atoms with Crippen LogP contribution in [0.2, 0.25) is 0 Å². The molecule has 2 amide bonds. The molecule has 0 unspecified atom stereocenters. The number of carbonyl (C=O) groups excluding carboxylic acids is 2. The molecular weight excluding hydrogens is 309 g/mol. The Bertz CT molecular complexity index is 741. The van der Waals surface area contributed by atoms with Gasteiger partial charge in [0.15, 0.2) is 0 Å². The van der Waals surface area contributed by atoms with Crippen molar-refractivity contribution in [3.05, 3.63) is 77.6 Å².